The molecule has 0 amide bonds. The first kappa shape index (κ1) is 14.1. The second kappa shape index (κ2) is 6.31. The van der Waals surface area contributed by atoms with Crippen LogP contribution in [0.3, 0.4) is 0 Å². The van der Waals surface area contributed by atoms with Crippen LogP contribution in [0, 0.1) is 0 Å². The fourth-order valence-corrected chi connectivity index (χ4v) is 2.98. The maximum Gasteiger partial charge on any atom is 0.119 e. The average molecular weight is 304 g/mol. The summed E-state index contributed by atoms with van der Waals surface area (Å²) < 4.78 is 5.84. The maximum absolute atomic E-state index is 5.84. The lowest BCUT2D eigenvalue weighted by molar-refractivity contribution is 0.306. The number of hydrogen-bond acceptors (Lipinski definition) is 2. The van der Waals surface area contributed by atoms with Crippen LogP contribution in [0.15, 0.2) is 60.7 Å². The molecule has 4 rings (SSSR count). The third-order valence-electron chi connectivity index (χ3n) is 4.27. The van der Waals surface area contributed by atoms with Crippen LogP contribution in [-0.2, 0) is 19.6 Å². The molecule has 116 valence electrons. The van der Waals surface area contributed by atoms with Gasteiger partial charge >= 0.3 is 0 Å². The highest BCUT2D eigenvalue weighted by molar-refractivity contribution is 5.62. The van der Waals surface area contributed by atoms with Crippen LogP contribution in [0.25, 0.3) is 11.3 Å². The summed E-state index contributed by atoms with van der Waals surface area (Å²) in [6.07, 6.45) is 1.08. The Morgan fingerprint density at radius 1 is 0.957 bits per heavy atom. The summed E-state index contributed by atoms with van der Waals surface area (Å²) >= 11 is 0. The Balaban J connectivity index is 1.46. The zero-order valence-corrected chi connectivity index (χ0v) is 13.0. The molecule has 2 N–H and O–H groups in total. The minimum atomic E-state index is 0.600. The quantitative estimate of drug-likeness (QED) is 0.767. The predicted molar refractivity (Wildman–Crippen MR) is 92.4 cm³/mol. The highest BCUT2D eigenvalue weighted by Crippen LogP contribution is 2.26. The molecule has 0 atom stereocenters. The molecule has 2 aromatic carbocycles. The normalized spacial score (nSPS) is 13.6. The van der Waals surface area contributed by atoms with Crippen molar-refractivity contribution in [1.82, 2.24) is 10.3 Å². The van der Waals surface area contributed by atoms with Crippen LogP contribution >= 0.6 is 0 Å². The largest absolute Gasteiger partial charge is 0.489 e. The summed E-state index contributed by atoms with van der Waals surface area (Å²) in [4.78, 5) is 3.55. The van der Waals surface area contributed by atoms with Gasteiger partial charge in [-0.1, -0.05) is 30.3 Å². The molecule has 0 saturated carbocycles. The van der Waals surface area contributed by atoms with Crippen molar-refractivity contribution in [3.8, 4) is 17.0 Å². The molecule has 3 nitrogen and oxygen atoms in total. The Morgan fingerprint density at radius 3 is 2.57 bits per heavy atom. The molecule has 0 saturated heterocycles. The molecule has 0 fully saturated rings. The van der Waals surface area contributed by atoms with Crippen molar-refractivity contribution in [2.24, 2.45) is 0 Å². The summed E-state index contributed by atoms with van der Waals surface area (Å²) in [6.45, 7) is 2.62. The molecular formula is C20H20N2O. The van der Waals surface area contributed by atoms with Crippen molar-refractivity contribution in [2.75, 3.05) is 6.54 Å². The van der Waals surface area contributed by atoms with Crippen molar-refractivity contribution in [3.05, 3.63) is 77.5 Å². The first-order valence-electron chi connectivity index (χ1n) is 8.07. The van der Waals surface area contributed by atoms with Gasteiger partial charge in [-0.3, -0.25) is 0 Å². The Kier molecular flexibility index (Phi) is 3.86. The molecule has 1 aromatic heterocycles. The highest BCUT2D eigenvalue weighted by atomic mass is 16.5. The topological polar surface area (TPSA) is 37.0 Å². The molecule has 23 heavy (non-hydrogen) atoms. The lowest BCUT2D eigenvalue weighted by Gasteiger charge is -2.11. The maximum atomic E-state index is 5.84. The number of rotatable bonds is 4. The van der Waals surface area contributed by atoms with Gasteiger partial charge in [0, 0.05) is 30.9 Å². The van der Waals surface area contributed by atoms with E-state index in [9.17, 15) is 0 Å². The van der Waals surface area contributed by atoms with Crippen LogP contribution in [0.1, 0.15) is 16.8 Å². The summed E-state index contributed by atoms with van der Waals surface area (Å²) in [6, 6.07) is 20.8. The van der Waals surface area contributed by atoms with Crippen molar-refractivity contribution in [2.45, 2.75) is 19.6 Å². The van der Waals surface area contributed by atoms with Crippen LogP contribution in [0.5, 0.6) is 5.75 Å². The molecule has 1 aliphatic heterocycles. The SMILES string of the molecule is c1ccc(COc2ccc(-c3cc4c([nH]3)CCNC4)cc2)cc1. The van der Waals surface area contributed by atoms with Gasteiger partial charge in [0.2, 0.25) is 0 Å². The second-order valence-corrected chi connectivity index (χ2v) is 5.91. The summed E-state index contributed by atoms with van der Waals surface area (Å²) in [5.41, 5.74) is 6.32. The smallest absolute Gasteiger partial charge is 0.119 e. The molecule has 0 spiro atoms. The lowest BCUT2D eigenvalue weighted by atomic mass is 10.1. The number of ether oxygens (including phenoxy) is 1. The fraction of sp³-hybridized carbons (Fsp3) is 0.200. The van der Waals surface area contributed by atoms with Crippen molar-refractivity contribution >= 4 is 0 Å². The number of benzene rings is 2. The van der Waals surface area contributed by atoms with E-state index in [1.165, 1.54) is 28.1 Å². The highest BCUT2D eigenvalue weighted by Gasteiger charge is 2.12. The van der Waals surface area contributed by atoms with Crippen LogP contribution in [-0.4, -0.2) is 11.5 Å². The minimum absolute atomic E-state index is 0.600. The molecule has 2 heterocycles. The van der Waals surface area contributed by atoms with Gasteiger partial charge in [0.1, 0.15) is 12.4 Å². The number of hydrogen-bond donors (Lipinski definition) is 2. The Labute approximate surface area is 136 Å². The molecular weight excluding hydrogens is 284 g/mol. The Hall–Kier alpha value is -2.52. The van der Waals surface area contributed by atoms with Crippen molar-refractivity contribution in [3.63, 3.8) is 0 Å². The van der Waals surface area contributed by atoms with E-state index in [0.717, 1.165) is 25.3 Å². The molecule has 3 aromatic rings. The molecule has 0 bridgehead atoms. The first-order valence-corrected chi connectivity index (χ1v) is 8.07. The summed E-state index contributed by atoms with van der Waals surface area (Å²) in [5, 5.41) is 3.41. The van der Waals surface area contributed by atoms with Gasteiger partial charge in [-0.15, -0.1) is 0 Å². The first-order chi connectivity index (χ1) is 11.4. The monoisotopic (exact) mass is 304 g/mol. The van der Waals surface area contributed by atoms with Gasteiger partial charge in [0.25, 0.3) is 0 Å². The van der Waals surface area contributed by atoms with E-state index in [1.54, 1.807) is 0 Å². The van der Waals surface area contributed by atoms with E-state index in [0.29, 0.717) is 6.61 Å². The predicted octanol–water partition coefficient (Wildman–Crippen LogP) is 3.91. The zero-order chi connectivity index (χ0) is 15.5. The lowest BCUT2D eigenvalue weighted by Crippen LogP contribution is -2.22. The summed E-state index contributed by atoms with van der Waals surface area (Å²) in [5.74, 6) is 0.899. The standard InChI is InChI=1S/C20H20N2O/c1-2-4-15(5-3-1)14-23-18-8-6-16(7-9-18)20-12-17-13-21-11-10-19(17)22-20/h1-9,12,21-22H,10-11,13-14H2. The van der Waals surface area contributed by atoms with Gasteiger partial charge in [-0.05, 0) is 47.0 Å². The molecule has 1 aliphatic rings. The molecule has 0 unspecified atom stereocenters. The average Bonchev–Trinajstić information content (AvgIpc) is 3.05. The number of nitrogens with one attached hydrogen (secondary N) is 2. The molecule has 0 aliphatic carbocycles. The number of H-pyrrole nitrogens is 1. The number of aromatic nitrogens is 1. The van der Waals surface area contributed by atoms with E-state index in [2.05, 4.69) is 40.6 Å². The second-order valence-electron chi connectivity index (χ2n) is 5.91. The van der Waals surface area contributed by atoms with Crippen LogP contribution < -0.4 is 10.1 Å². The minimum Gasteiger partial charge on any atom is -0.489 e. The van der Waals surface area contributed by atoms with E-state index >= 15 is 0 Å². The zero-order valence-electron chi connectivity index (χ0n) is 13.0. The van der Waals surface area contributed by atoms with Gasteiger partial charge in [0.05, 0.1) is 0 Å². The van der Waals surface area contributed by atoms with E-state index in [4.69, 9.17) is 4.74 Å². The Bertz CT molecular complexity index is 752. The third-order valence-corrected chi connectivity index (χ3v) is 4.27. The van der Waals surface area contributed by atoms with Gasteiger partial charge < -0.3 is 15.0 Å². The van der Waals surface area contributed by atoms with Crippen molar-refractivity contribution < 1.29 is 4.74 Å². The van der Waals surface area contributed by atoms with Gasteiger partial charge in [-0.2, -0.15) is 0 Å². The third kappa shape index (κ3) is 3.15. The molecule has 0 radical (unpaired) electrons. The number of aromatic amines is 1. The van der Waals surface area contributed by atoms with Crippen molar-refractivity contribution in [1.29, 1.82) is 0 Å². The fourth-order valence-electron chi connectivity index (χ4n) is 2.98. The van der Waals surface area contributed by atoms with Crippen LogP contribution in [0.4, 0.5) is 0 Å². The van der Waals surface area contributed by atoms with E-state index in [-0.39, 0.29) is 0 Å². The van der Waals surface area contributed by atoms with Gasteiger partial charge in [0.15, 0.2) is 0 Å². The molecule has 3 heteroatoms. The van der Waals surface area contributed by atoms with E-state index < -0.39 is 0 Å². The number of fused-ring (bicyclic) bond motifs is 1. The van der Waals surface area contributed by atoms with Crippen LogP contribution in [0.2, 0.25) is 0 Å². The Morgan fingerprint density at radius 2 is 1.78 bits per heavy atom. The van der Waals surface area contributed by atoms with E-state index in [1.807, 2.05) is 30.3 Å². The summed E-state index contributed by atoms with van der Waals surface area (Å²) in [7, 11) is 0. The van der Waals surface area contributed by atoms with Gasteiger partial charge in [-0.25, -0.2) is 0 Å².